The molecule has 0 unspecified atom stereocenters. The molecule has 2 aromatic heterocycles. The SMILES string of the molecule is Cc1nn(-c2nc3c(N)cccc3o2)c(C)c1C. The Labute approximate surface area is 104 Å². The molecule has 3 aromatic rings. The molecule has 2 heterocycles. The Morgan fingerprint density at radius 3 is 2.61 bits per heavy atom. The van der Waals surface area contributed by atoms with Crippen molar-refractivity contribution in [2.45, 2.75) is 20.8 Å². The average molecular weight is 242 g/mol. The topological polar surface area (TPSA) is 69.9 Å². The third-order valence-electron chi connectivity index (χ3n) is 3.27. The van der Waals surface area contributed by atoms with E-state index in [9.17, 15) is 0 Å². The van der Waals surface area contributed by atoms with Crippen LogP contribution in [0.2, 0.25) is 0 Å². The van der Waals surface area contributed by atoms with Crippen LogP contribution < -0.4 is 5.73 Å². The Balaban J connectivity index is 2.26. The molecule has 2 N–H and O–H groups in total. The number of nitrogen functional groups attached to an aromatic ring is 1. The number of benzene rings is 1. The van der Waals surface area contributed by atoms with Crippen LogP contribution in [0.4, 0.5) is 5.69 Å². The second-order valence-corrected chi connectivity index (χ2v) is 4.40. The van der Waals surface area contributed by atoms with Gasteiger partial charge >= 0.3 is 6.01 Å². The number of para-hydroxylation sites is 1. The first kappa shape index (κ1) is 10.8. The Bertz CT molecular complexity index is 739. The Kier molecular flexibility index (Phi) is 2.16. The van der Waals surface area contributed by atoms with Crippen LogP contribution >= 0.6 is 0 Å². The highest BCUT2D eigenvalue weighted by Crippen LogP contribution is 2.24. The van der Waals surface area contributed by atoms with E-state index in [4.69, 9.17) is 10.2 Å². The molecule has 18 heavy (non-hydrogen) atoms. The van der Waals surface area contributed by atoms with Crippen LogP contribution in [-0.2, 0) is 0 Å². The smallest absolute Gasteiger partial charge is 0.324 e. The highest BCUT2D eigenvalue weighted by molar-refractivity contribution is 5.85. The Hall–Kier alpha value is -2.30. The second-order valence-electron chi connectivity index (χ2n) is 4.40. The van der Waals surface area contributed by atoms with Crippen molar-refractivity contribution in [3.63, 3.8) is 0 Å². The summed E-state index contributed by atoms with van der Waals surface area (Å²) >= 11 is 0. The summed E-state index contributed by atoms with van der Waals surface area (Å²) in [7, 11) is 0. The van der Waals surface area contributed by atoms with Gasteiger partial charge in [0.25, 0.3) is 0 Å². The van der Waals surface area contributed by atoms with Gasteiger partial charge in [0, 0.05) is 5.69 Å². The lowest BCUT2D eigenvalue weighted by atomic mass is 10.2. The van der Waals surface area contributed by atoms with E-state index < -0.39 is 0 Å². The first-order valence-corrected chi connectivity index (χ1v) is 5.76. The molecule has 0 aliphatic carbocycles. The molecule has 0 fully saturated rings. The fourth-order valence-electron chi connectivity index (χ4n) is 1.96. The van der Waals surface area contributed by atoms with E-state index in [1.165, 1.54) is 0 Å². The highest BCUT2D eigenvalue weighted by atomic mass is 16.4. The van der Waals surface area contributed by atoms with Crippen LogP contribution in [0, 0.1) is 20.8 Å². The fraction of sp³-hybridized carbons (Fsp3) is 0.231. The summed E-state index contributed by atoms with van der Waals surface area (Å²) < 4.78 is 7.41. The van der Waals surface area contributed by atoms with Gasteiger partial charge in [-0.2, -0.15) is 14.8 Å². The number of hydrogen-bond acceptors (Lipinski definition) is 4. The molecule has 0 saturated carbocycles. The van der Waals surface area contributed by atoms with Gasteiger partial charge in [0.1, 0.15) is 5.52 Å². The van der Waals surface area contributed by atoms with Crippen LogP contribution in [0.3, 0.4) is 0 Å². The van der Waals surface area contributed by atoms with Gasteiger partial charge < -0.3 is 10.2 Å². The normalized spacial score (nSPS) is 11.3. The molecule has 1 aromatic carbocycles. The minimum absolute atomic E-state index is 0.455. The van der Waals surface area contributed by atoms with Gasteiger partial charge in [-0.3, -0.25) is 0 Å². The zero-order valence-corrected chi connectivity index (χ0v) is 10.6. The van der Waals surface area contributed by atoms with E-state index in [1.54, 1.807) is 10.7 Å². The molecule has 0 aliphatic heterocycles. The van der Waals surface area contributed by atoms with Crippen LogP contribution in [-0.4, -0.2) is 14.8 Å². The quantitative estimate of drug-likeness (QED) is 0.666. The van der Waals surface area contributed by atoms with Gasteiger partial charge in [-0.05, 0) is 38.5 Å². The predicted molar refractivity (Wildman–Crippen MR) is 69.8 cm³/mol. The minimum atomic E-state index is 0.455. The van der Waals surface area contributed by atoms with Gasteiger partial charge in [0.2, 0.25) is 0 Å². The molecule has 0 bridgehead atoms. The summed E-state index contributed by atoms with van der Waals surface area (Å²) in [6.45, 7) is 5.99. The van der Waals surface area contributed by atoms with Gasteiger partial charge in [0.05, 0.1) is 11.4 Å². The van der Waals surface area contributed by atoms with Gasteiger partial charge in [-0.25, -0.2) is 0 Å². The van der Waals surface area contributed by atoms with Crippen molar-refractivity contribution in [3.8, 4) is 6.01 Å². The van der Waals surface area contributed by atoms with Crippen molar-refractivity contribution in [3.05, 3.63) is 35.2 Å². The molecule has 5 heteroatoms. The summed E-state index contributed by atoms with van der Waals surface area (Å²) in [5.74, 6) is 0. The summed E-state index contributed by atoms with van der Waals surface area (Å²) in [5.41, 5.74) is 11.0. The standard InChI is InChI=1S/C13H14N4O/c1-7-8(2)16-17(9(7)3)13-15-12-10(14)5-4-6-11(12)18-13/h4-6H,14H2,1-3H3. The third kappa shape index (κ3) is 1.40. The number of nitrogens with two attached hydrogens (primary N) is 1. The first-order chi connectivity index (χ1) is 8.58. The first-order valence-electron chi connectivity index (χ1n) is 5.76. The summed E-state index contributed by atoms with van der Waals surface area (Å²) in [6.07, 6.45) is 0. The number of aryl methyl sites for hydroxylation is 1. The molecule has 0 amide bonds. The van der Waals surface area contributed by atoms with E-state index in [-0.39, 0.29) is 0 Å². The molecular formula is C13H14N4O. The number of anilines is 1. The Morgan fingerprint density at radius 2 is 2.00 bits per heavy atom. The zero-order valence-electron chi connectivity index (χ0n) is 10.6. The van der Waals surface area contributed by atoms with E-state index in [0.717, 1.165) is 17.0 Å². The monoisotopic (exact) mass is 242 g/mol. The largest absolute Gasteiger partial charge is 0.422 e. The molecule has 0 saturated heterocycles. The number of nitrogens with zero attached hydrogens (tertiary/aromatic N) is 3. The number of oxazole rings is 1. The fourth-order valence-corrected chi connectivity index (χ4v) is 1.96. The lowest BCUT2D eigenvalue weighted by Gasteiger charge is -1.96. The maximum atomic E-state index is 5.87. The number of hydrogen-bond donors (Lipinski definition) is 1. The summed E-state index contributed by atoms with van der Waals surface area (Å²) in [4.78, 5) is 4.41. The van der Waals surface area contributed by atoms with Crippen molar-refractivity contribution < 1.29 is 4.42 Å². The van der Waals surface area contributed by atoms with E-state index in [0.29, 0.717) is 22.8 Å². The van der Waals surface area contributed by atoms with Crippen molar-refractivity contribution in [2.75, 3.05) is 5.73 Å². The van der Waals surface area contributed by atoms with Gasteiger partial charge in [-0.1, -0.05) is 6.07 Å². The number of fused-ring (bicyclic) bond motifs is 1. The molecule has 0 radical (unpaired) electrons. The minimum Gasteiger partial charge on any atom is -0.422 e. The van der Waals surface area contributed by atoms with Gasteiger partial charge in [0.15, 0.2) is 5.58 Å². The van der Waals surface area contributed by atoms with Crippen molar-refractivity contribution in [1.82, 2.24) is 14.8 Å². The zero-order chi connectivity index (χ0) is 12.9. The number of rotatable bonds is 1. The molecule has 0 aliphatic rings. The molecule has 0 spiro atoms. The Morgan fingerprint density at radius 1 is 1.22 bits per heavy atom. The van der Waals surface area contributed by atoms with Gasteiger partial charge in [-0.15, -0.1) is 0 Å². The van der Waals surface area contributed by atoms with Crippen molar-refractivity contribution >= 4 is 16.8 Å². The number of aromatic nitrogens is 3. The lowest BCUT2D eigenvalue weighted by Crippen LogP contribution is -1.99. The molecule has 5 nitrogen and oxygen atoms in total. The maximum absolute atomic E-state index is 5.87. The van der Waals surface area contributed by atoms with Crippen LogP contribution in [0.5, 0.6) is 0 Å². The lowest BCUT2D eigenvalue weighted by molar-refractivity contribution is 0.536. The van der Waals surface area contributed by atoms with Crippen LogP contribution in [0.15, 0.2) is 22.6 Å². The molecule has 0 atom stereocenters. The third-order valence-corrected chi connectivity index (χ3v) is 3.27. The van der Waals surface area contributed by atoms with E-state index in [2.05, 4.69) is 10.1 Å². The highest BCUT2D eigenvalue weighted by Gasteiger charge is 2.15. The molecule has 92 valence electrons. The van der Waals surface area contributed by atoms with E-state index >= 15 is 0 Å². The summed E-state index contributed by atoms with van der Waals surface area (Å²) in [5, 5.41) is 4.42. The van der Waals surface area contributed by atoms with Crippen molar-refractivity contribution in [2.24, 2.45) is 0 Å². The van der Waals surface area contributed by atoms with Crippen LogP contribution in [0.25, 0.3) is 17.1 Å². The van der Waals surface area contributed by atoms with Crippen molar-refractivity contribution in [1.29, 1.82) is 0 Å². The second kappa shape index (κ2) is 3.60. The average Bonchev–Trinajstić information content (AvgIpc) is 2.88. The van der Waals surface area contributed by atoms with Crippen LogP contribution in [0.1, 0.15) is 17.0 Å². The maximum Gasteiger partial charge on any atom is 0.324 e. The molecule has 3 rings (SSSR count). The molecular weight excluding hydrogens is 228 g/mol. The predicted octanol–water partition coefficient (Wildman–Crippen LogP) is 2.52. The van der Waals surface area contributed by atoms with E-state index in [1.807, 2.05) is 32.9 Å². The summed E-state index contributed by atoms with van der Waals surface area (Å²) in [6, 6.07) is 5.96.